The number of anilines is 2. The van der Waals surface area contributed by atoms with E-state index in [4.69, 9.17) is 10.00 Å². The van der Waals surface area contributed by atoms with E-state index < -0.39 is 0 Å². The Morgan fingerprint density at radius 1 is 1.21 bits per heavy atom. The summed E-state index contributed by atoms with van der Waals surface area (Å²) < 4.78 is 5.34. The van der Waals surface area contributed by atoms with Gasteiger partial charge >= 0.3 is 0 Å². The lowest BCUT2D eigenvalue weighted by Crippen LogP contribution is -1.96. The lowest BCUT2D eigenvalue weighted by molar-refractivity contribution is 0.134. The summed E-state index contributed by atoms with van der Waals surface area (Å²) in [7, 11) is 0. The number of hydrogen-bond donors (Lipinski definition) is 1. The Labute approximate surface area is 112 Å². The van der Waals surface area contributed by atoms with Crippen LogP contribution in [0.5, 0.6) is 0 Å². The number of nitrogens with one attached hydrogen (secondary N) is 1. The summed E-state index contributed by atoms with van der Waals surface area (Å²) in [5, 5.41) is 12.0. The summed E-state index contributed by atoms with van der Waals surface area (Å²) in [6.45, 7) is 3.31. The van der Waals surface area contributed by atoms with Crippen molar-refractivity contribution in [1.29, 1.82) is 5.26 Å². The second kappa shape index (κ2) is 6.53. The first-order valence-electron chi connectivity index (χ1n) is 6.12. The maximum absolute atomic E-state index is 8.79. The van der Waals surface area contributed by atoms with Crippen molar-refractivity contribution in [2.45, 2.75) is 13.5 Å². The molecule has 0 bridgehead atoms. The summed E-state index contributed by atoms with van der Waals surface area (Å²) in [6.07, 6.45) is 0. The highest BCUT2D eigenvalue weighted by Gasteiger charge is 1.98. The van der Waals surface area contributed by atoms with Crippen LogP contribution in [-0.4, -0.2) is 11.6 Å². The summed E-state index contributed by atoms with van der Waals surface area (Å²) in [4.78, 5) is 4.16. The molecule has 4 nitrogen and oxygen atoms in total. The number of hydrogen-bond acceptors (Lipinski definition) is 4. The van der Waals surface area contributed by atoms with Gasteiger partial charge in [0.2, 0.25) is 0 Å². The molecular formula is C15H15N3O. The average Bonchev–Trinajstić information content (AvgIpc) is 2.47. The molecule has 0 aliphatic rings. The molecule has 0 saturated heterocycles. The Balaban J connectivity index is 2.04. The average molecular weight is 253 g/mol. The molecule has 0 fully saturated rings. The van der Waals surface area contributed by atoms with Crippen molar-refractivity contribution in [3.8, 4) is 6.07 Å². The predicted molar refractivity (Wildman–Crippen MR) is 74.0 cm³/mol. The van der Waals surface area contributed by atoms with Gasteiger partial charge in [0.25, 0.3) is 0 Å². The standard InChI is InChI=1S/C15H15N3O/c1-2-19-11-12-6-8-13(9-7-12)17-15-5-3-4-14(10-16)18-15/h3-9H,2,11H2,1H3,(H,17,18). The SMILES string of the molecule is CCOCc1ccc(Nc2cccc(C#N)n2)cc1. The Bertz CT molecular complexity index is 573. The Hall–Kier alpha value is -2.38. The van der Waals surface area contributed by atoms with Crippen LogP contribution < -0.4 is 5.32 Å². The van der Waals surface area contributed by atoms with E-state index in [9.17, 15) is 0 Å². The molecule has 2 aromatic rings. The molecule has 2 rings (SSSR count). The fourth-order valence-corrected chi connectivity index (χ4v) is 1.62. The van der Waals surface area contributed by atoms with Crippen molar-refractivity contribution >= 4 is 11.5 Å². The second-order valence-corrected chi connectivity index (χ2v) is 3.98. The first kappa shape index (κ1) is 13.1. The fourth-order valence-electron chi connectivity index (χ4n) is 1.62. The van der Waals surface area contributed by atoms with Crippen LogP contribution in [-0.2, 0) is 11.3 Å². The molecule has 1 N–H and O–H groups in total. The van der Waals surface area contributed by atoms with E-state index in [0.717, 1.165) is 11.3 Å². The van der Waals surface area contributed by atoms with Gasteiger partial charge in [0.1, 0.15) is 17.6 Å². The number of benzene rings is 1. The topological polar surface area (TPSA) is 57.9 Å². The highest BCUT2D eigenvalue weighted by atomic mass is 16.5. The van der Waals surface area contributed by atoms with Crippen LogP contribution in [0.1, 0.15) is 18.2 Å². The molecule has 19 heavy (non-hydrogen) atoms. The smallest absolute Gasteiger partial charge is 0.142 e. The van der Waals surface area contributed by atoms with Crippen LogP contribution in [0.25, 0.3) is 0 Å². The molecule has 0 spiro atoms. The van der Waals surface area contributed by atoms with E-state index in [2.05, 4.69) is 10.3 Å². The van der Waals surface area contributed by atoms with E-state index in [0.29, 0.717) is 24.7 Å². The van der Waals surface area contributed by atoms with E-state index in [1.165, 1.54) is 0 Å². The predicted octanol–water partition coefficient (Wildman–Crippen LogP) is 3.23. The zero-order valence-corrected chi connectivity index (χ0v) is 10.8. The van der Waals surface area contributed by atoms with Gasteiger partial charge < -0.3 is 10.1 Å². The minimum absolute atomic E-state index is 0.401. The van der Waals surface area contributed by atoms with Crippen LogP contribution in [0, 0.1) is 11.3 Å². The normalized spacial score (nSPS) is 9.89. The van der Waals surface area contributed by atoms with Gasteiger partial charge in [-0.05, 0) is 36.8 Å². The van der Waals surface area contributed by atoms with Crippen molar-refractivity contribution in [1.82, 2.24) is 4.98 Å². The molecular weight excluding hydrogens is 238 g/mol. The van der Waals surface area contributed by atoms with Crippen molar-refractivity contribution in [2.24, 2.45) is 0 Å². The van der Waals surface area contributed by atoms with Gasteiger partial charge in [-0.15, -0.1) is 0 Å². The van der Waals surface area contributed by atoms with Crippen LogP contribution in [0.2, 0.25) is 0 Å². The zero-order valence-electron chi connectivity index (χ0n) is 10.8. The van der Waals surface area contributed by atoms with Gasteiger partial charge in [-0.3, -0.25) is 0 Å². The van der Waals surface area contributed by atoms with Crippen molar-refractivity contribution < 1.29 is 4.74 Å². The van der Waals surface area contributed by atoms with Gasteiger partial charge in [0, 0.05) is 12.3 Å². The summed E-state index contributed by atoms with van der Waals surface area (Å²) in [6, 6.07) is 15.3. The van der Waals surface area contributed by atoms with Gasteiger partial charge in [-0.1, -0.05) is 18.2 Å². The first-order valence-corrected chi connectivity index (χ1v) is 6.12. The molecule has 0 amide bonds. The number of nitriles is 1. The van der Waals surface area contributed by atoms with Gasteiger partial charge in [-0.2, -0.15) is 5.26 Å². The van der Waals surface area contributed by atoms with Crippen LogP contribution in [0.4, 0.5) is 11.5 Å². The molecule has 0 unspecified atom stereocenters. The van der Waals surface area contributed by atoms with E-state index in [-0.39, 0.29) is 0 Å². The minimum Gasteiger partial charge on any atom is -0.377 e. The van der Waals surface area contributed by atoms with E-state index >= 15 is 0 Å². The summed E-state index contributed by atoms with van der Waals surface area (Å²) in [5.74, 6) is 0.664. The minimum atomic E-state index is 0.401. The molecule has 1 aromatic heterocycles. The van der Waals surface area contributed by atoms with E-state index in [1.54, 1.807) is 12.1 Å². The Morgan fingerprint density at radius 2 is 2.00 bits per heavy atom. The number of nitrogens with zero attached hydrogens (tertiary/aromatic N) is 2. The quantitative estimate of drug-likeness (QED) is 0.888. The van der Waals surface area contributed by atoms with Gasteiger partial charge in [-0.25, -0.2) is 4.98 Å². The number of ether oxygens (including phenoxy) is 1. The van der Waals surface area contributed by atoms with Crippen molar-refractivity contribution in [3.63, 3.8) is 0 Å². The largest absolute Gasteiger partial charge is 0.377 e. The number of pyridine rings is 1. The highest BCUT2D eigenvalue weighted by molar-refractivity contribution is 5.56. The number of rotatable bonds is 5. The monoisotopic (exact) mass is 253 g/mol. The molecule has 0 atom stereocenters. The van der Waals surface area contributed by atoms with E-state index in [1.807, 2.05) is 43.3 Å². The van der Waals surface area contributed by atoms with Crippen LogP contribution in [0.15, 0.2) is 42.5 Å². The van der Waals surface area contributed by atoms with Crippen molar-refractivity contribution in [3.05, 3.63) is 53.7 Å². The molecule has 1 aromatic carbocycles. The van der Waals surface area contributed by atoms with Gasteiger partial charge in [0.05, 0.1) is 6.61 Å². The molecule has 0 radical (unpaired) electrons. The third kappa shape index (κ3) is 3.80. The Kier molecular flexibility index (Phi) is 4.49. The maximum atomic E-state index is 8.79. The van der Waals surface area contributed by atoms with Crippen LogP contribution >= 0.6 is 0 Å². The van der Waals surface area contributed by atoms with Gasteiger partial charge in [0.15, 0.2) is 0 Å². The summed E-state index contributed by atoms with van der Waals surface area (Å²) >= 11 is 0. The van der Waals surface area contributed by atoms with Crippen molar-refractivity contribution in [2.75, 3.05) is 11.9 Å². The first-order chi connectivity index (χ1) is 9.31. The molecule has 96 valence electrons. The molecule has 0 aliphatic carbocycles. The lowest BCUT2D eigenvalue weighted by Gasteiger charge is -2.07. The molecule has 4 heteroatoms. The maximum Gasteiger partial charge on any atom is 0.142 e. The fraction of sp³-hybridized carbons (Fsp3) is 0.200. The zero-order chi connectivity index (χ0) is 13.5. The lowest BCUT2D eigenvalue weighted by atomic mass is 10.2. The molecule has 0 aliphatic heterocycles. The summed E-state index contributed by atoms with van der Waals surface area (Å²) in [5.41, 5.74) is 2.46. The third-order valence-corrected chi connectivity index (χ3v) is 2.56. The molecule has 0 saturated carbocycles. The Morgan fingerprint density at radius 3 is 2.68 bits per heavy atom. The van der Waals surface area contributed by atoms with Crippen LogP contribution in [0.3, 0.4) is 0 Å². The third-order valence-electron chi connectivity index (χ3n) is 2.56. The number of aromatic nitrogens is 1. The highest BCUT2D eigenvalue weighted by Crippen LogP contribution is 2.16. The second-order valence-electron chi connectivity index (χ2n) is 3.98. The molecule has 1 heterocycles.